The summed E-state index contributed by atoms with van der Waals surface area (Å²) in [5, 5.41) is 26.6. The standard InChI is InChI=1S/C24H40N8O6/c1-14(30-21(35)17(26)5-2-3-11-25)20(34)31-18(6-4-12-29-24(27)28)22(36)32-19(23(37)38)13-15-7-9-16(33)10-8-15/h7-10,14,17-19,33H,2-6,11-13,25-26H2,1H3,(H,30,35)(H,31,34)(H,32,36)(H,37,38)(H4,27,28,29). The van der Waals surface area contributed by atoms with Crippen molar-refractivity contribution >= 4 is 29.7 Å². The number of unbranched alkanes of at least 4 members (excludes halogenated alkanes) is 1. The van der Waals surface area contributed by atoms with Crippen LogP contribution in [-0.4, -0.2) is 77.1 Å². The summed E-state index contributed by atoms with van der Waals surface area (Å²) in [6.07, 6.45) is 2.14. The van der Waals surface area contributed by atoms with Gasteiger partial charge < -0.3 is 49.1 Å². The summed E-state index contributed by atoms with van der Waals surface area (Å²) >= 11 is 0. The third-order valence-electron chi connectivity index (χ3n) is 5.63. The normalized spacial score (nSPS) is 13.9. The second-order valence-electron chi connectivity index (χ2n) is 8.90. The molecule has 0 aliphatic carbocycles. The average molecular weight is 537 g/mol. The number of guanidine groups is 1. The molecule has 0 aliphatic rings. The zero-order valence-electron chi connectivity index (χ0n) is 21.6. The highest BCUT2D eigenvalue weighted by Crippen LogP contribution is 2.12. The maximum Gasteiger partial charge on any atom is 0.326 e. The molecule has 0 spiro atoms. The topological polar surface area (TPSA) is 261 Å². The molecule has 4 unspecified atom stereocenters. The van der Waals surface area contributed by atoms with E-state index in [1.54, 1.807) is 0 Å². The van der Waals surface area contributed by atoms with Crippen LogP contribution >= 0.6 is 0 Å². The number of hydrogen-bond acceptors (Lipinski definition) is 8. The summed E-state index contributed by atoms with van der Waals surface area (Å²) in [4.78, 5) is 53.8. The molecule has 14 heteroatoms. The number of carboxylic acid groups (broad SMARTS) is 1. The highest BCUT2D eigenvalue weighted by molar-refractivity contribution is 5.93. The van der Waals surface area contributed by atoms with Crippen LogP contribution in [0.25, 0.3) is 0 Å². The number of nitrogens with zero attached hydrogens (tertiary/aromatic N) is 1. The predicted octanol–water partition coefficient (Wildman–Crippen LogP) is -2.00. The third kappa shape index (κ3) is 12.4. The number of amides is 3. The van der Waals surface area contributed by atoms with Crippen LogP contribution < -0.4 is 38.9 Å². The van der Waals surface area contributed by atoms with E-state index in [4.69, 9.17) is 22.9 Å². The van der Waals surface area contributed by atoms with Gasteiger partial charge in [-0.25, -0.2) is 4.79 Å². The number of nitrogens with two attached hydrogens (primary N) is 4. The van der Waals surface area contributed by atoms with Crippen molar-refractivity contribution in [2.24, 2.45) is 27.9 Å². The number of phenolic OH excluding ortho intramolecular Hbond substituents is 1. The Morgan fingerprint density at radius 3 is 2.11 bits per heavy atom. The van der Waals surface area contributed by atoms with Crippen molar-refractivity contribution in [2.45, 2.75) is 69.6 Å². The third-order valence-corrected chi connectivity index (χ3v) is 5.63. The lowest BCUT2D eigenvalue weighted by atomic mass is 10.0. The zero-order chi connectivity index (χ0) is 28.7. The number of aromatic hydroxyl groups is 1. The number of carboxylic acids is 1. The van der Waals surface area contributed by atoms with Gasteiger partial charge in [0, 0.05) is 13.0 Å². The SMILES string of the molecule is CC(NC(=O)C(N)CCCCN)C(=O)NC(CCCN=C(N)N)C(=O)NC(Cc1ccc(O)cc1)C(=O)O. The van der Waals surface area contributed by atoms with Gasteiger partial charge in [-0.05, 0) is 56.8 Å². The number of rotatable bonds is 17. The Kier molecular flexibility index (Phi) is 14.2. The number of nitrogens with one attached hydrogen (secondary N) is 3. The molecule has 1 rings (SSSR count). The van der Waals surface area contributed by atoms with Crippen molar-refractivity contribution in [2.75, 3.05) is 13.1 Å². The average Bonchev–Trinajstić information content (AvgIpc) is 2.86. The van der Waals surface area contributed by atoms with Crippen molar-refractivity contribution in [1.82, 2.24) is 16.0 Å². The van der Waals surface area contributed by atoms with Crippen LogP contribution in [0.2, 0.25) is 0 Å². The quantitative estimate of drug-likeness (QED) is 0.0600. The second kappa shape index (κ2) is 16.8. The largest absolute Gasteiger partial charge is 0.508 e. The Bertz CT molecular complexity index is 952. The summed E-state index contributed by atoms with van der Waals surface area (Å²) < 4.78 is 0. The molecule has 0 saturated carbocycles. The number of carbonyl (C=O) groups is 4. The number of benzene rings is 1. The maximum atomic E-state index is 13.0. The lowest BCUT2D eigenvalue weighted by Gasteiger charge is -2.24. The molecule has 0 aliphatic heterocycles. The molecular weight excluding hydrogens is 496 g/mol. The van der Waals surface area contributed by atoms with E-state index < -0.39 is 47.9 Å². The molecule has 0 fully saturated rings. The minimum absolute atomic E-state index is 0.0194. The van der Waals surface area contributed by atoms with Gasteiger partial charge in [-0.1, -0.05) is 18.6 Å². The number of hydrogen-bond donors (Lipinski definition) is 9. The van der Waals surface area contributed by atoms with Crippen molar-refractivity contribution in [3.8, 4) is 5.75 Å². The van der Waals surface area contributed by atoms with Gasteiger partial charge in [0.05, 0.1) is 6.04 Å². The fourth-order valence-corrected chi connectivity index (χ4v) is 3.43. The first-order valence-corrected chi connectivity index (χ1v) is 12.4. The minimum atomic E-state index is -1.30. The van der Waals surface area contributed by atoms with Gasteiger partial charge in [0.1, 0.15) is 23.9 Å². The first-order chi connectivity index (χ1) is 17.9. The van der Waals surface area contributed by atoms with Crippen LogP contribution in [-0.2, 0) is 25.6 Å². The van der Waals surface area contributed by atoms with E-state index in [-0.39, 0.29) is 31.1 Å². The second-order valence-corrected chi connectivity index (χ2v) is 8.90. The molecule has 3 amide bonds. The van der Waals surface area contributed by atoms with E-state index in [1.807, 2.05) is 0 Å². The molecule has 1 aromatic rings. The van der Waals surface area contributed by atoms with E-state index in [9.17, 15) is 29.4 Å². The van der Waals surface area contributed by atoms with E-state index in [0.29, 0.717) is 31.4 Å². The number of aliphatic imine (C=N–C) groups is 1. The van der Waals surface area contributed by atoms with Gasteiger partial charge in [-0.15, -0.1) is 0 Å². The molecule has 0 aromatic heterocycles. The highest BCUT2D eigenvalue weighted by Gasteiger charge is 2.28. The lowest BCUT2D eigenvalue weighted by molar-refractivity contribution is -0.142. The van der Waals surface area contributed by atoms with Crippen LogP contribution in [0.15, 0.2) is 29.3 Å². The highest BCUT2D eigenvalue weighted by atomic mass is 16.4. The Hall–Kier alpha value is -3.91. The van der Waals surface area contributed by atoms with E-state index in [1.165, 1.54) is 31.2 Å². The van der Waals surface area contributed by atoms with Gasteiger partial charge >= 0.3 is 5.97 Å². The Morgan fingerprint density at radius 2 is 1.53 bits per heavy atom. The summed E-state index contributed by atoms with van der Waals surface area (Å²) in [7, 11) is 0. The van der Waals surface area contributed by atoms with Crippen molar-refractivity contribution in [1.29, 1.82) is 0 Å². The molecule has 4 atom stereocenters. The van der Waals surface area contributed by atoms with Crippen LogP contribution in [0.5, 0.6) is 5.75 Å². The van der Waals surface area contributed by atoms with Gasteiger partial charge in [-0.3, -0.25) is 19.4 Å². The van der Waals surface area contributed by atoms with Gasteiger partial charge in [0.25, 0.3) is 0 Å². The van der Waals surface area contributed by atoms with Crippen LogP contribution in [0.1, 0.15) is 44.6 Å². The number of carbonyl (C=O) groups excluding carboxylic acids is 3. The van der Waals surface area contributed by atoms with Gasteiger partial charge in [0.2, 0.25) is 17.7 Å². The van der Waals surface area contributed by atoms with E-state index >= 15 is 0 Å². The summed E-state index contributed by atoms with van der Waals surface area (Å²) in [5.41, 5.74) is 22.5. The van der Waals surface area contributed by atoms with Crippen LogP contribution in [0.4, 0.5) is 0 Å². The first kappa shape index (κ1) is 32.1. The smallest absolute Gasteiger partial charge is 0.326 e. The Morgan fingerprint density at radius 1 is 0.895 bits per heavy atom. The Labute approximate surface area is 221 Å². The van der Waals surface area contributed by atoms with Crippen molar-refractivity contribution in [3.63, 3.8) is 0 Å². The predicted molar refractivity (Wildman–Crippen MR) is 142 cm³/mol. The first-order valence-electron chi connectivity index (χ1n) is 12.4. The molecule has 0 bridgehead atoms. The van der Waals surface area contributed by atoms with Gasteiger partial charge in [0.15, 0.2) is 5.96 Å². The molecule has 0 heterocycles. The summed E-state index contributed by atoms with van der Waals surface area (Å²) in [6.45, 7) is 2.11. The molecule has 0 saturated heterocycles. The van der Waals surface area contributed by atoms with E-state index in [0.717, 1.165) is 6.42 Å². The molecule has 13 N–H and O–H groups in total. The molecule has 0 radical (unpaired) electrons. The molecule has 1 aromatic carbocycles. The van der Waals surface area contributed by atoms with Crippen molar-refractivity contribution in [3.05, 3.63) is 29.8 Å². The maximum absolute atomic E-state index is 13.0. The van der Waals surface area contributed by atoms with Crippen molar-refractivity contribution < 1.29 is 29.4 Å². The minimum Gasteiger partial charge on any atom is -0.508 e. The number of phenols is 1. The van der Waals surface area contributed by atoms with E-state index in [2.05, 4.69) is 20.9 Å². The van der Waals surface area contributed by atoms with Crippen LogP contribution in [0, 0.1) is 0 Å². The fourth-order valence-electron chi connectivity index (χ4n) is 3.43. The Balaban J connectivity index is 2.88. The fraction of sp³-hybridized carbons (Fsp3) is 0.542. The molecule has 212 valence electrons. The molecular formula is C24H40N8O6. The number of aliphatic carboxylic acids is 1. The van der Waals surface area contributed by atoms with Gasteiger partial charge in [-0.2, -0.15) is 0 Å². The summed E-state index contributed by atoms with van der Waals surface area (Å²) in [6, 6.07) is 1.64. The molecule has 14 nitrogen and oxygen atoms in total. The summed E-state index contributed by atoms with van der Waals surface area (Å²) in [5.74, 6) is -3.29. The lowest BCUT2D eigenvalue weighted by Crippen LogP contribution is -2.56. The monoisotopic (exact) mass is 536 g/mol. The zero-order valence-corrected chi connectivity index (χ0v) is 21.6. The van der Waals surface area contributed by atoms with Crippen LogP contribution in [0.3, 0.4) is 0 Å². The molecule has 38 heavy (non-hydrogen) atoms.